The molecule has 2 aliphatic carbocycles. The summed E-state index contributed by atoms with van der Waals surface area (Å²) < 4.78 is 0. The van der Waals surface area contributed by atoms with Crippen LogP contribution >= 0.6 is 0 Å². The van der Waals surface area contributed by atoms with Gasteiger partial charge in [0.05, 0.1) is 6.10 Å². The summed E-state index contributed by atoms with van der Waals surface area (Å²) in [7, 11) is 0. The quantitative estimate of drug-likeness (QED) is 0.159. The fourth-order valence-corrected chi connectivity index (χ4v) is 5.76. The van der Waals surface area contributed by atoms with Crippen LogP contribution in [-0.2, 0) is 9.59 Å². The molecule has 0 heterocycles. The Labute approximate surface area is 266 Å². The molecule has 0 amide bonds. The molecule has 0 aliphatic heterocycles. The molecule has 0 unspecified atom stereocenters. The van der Waals surface area contributed by atoms with Crippen LogP contribution < -0.4 is 0 Å². The fraction of sp³-hybridized carbons (Fsp3) is 0.450. The molecule has 0 aromatic heterocycles. The van der Waals surface area contributed by atoms with Gasteiger partial charge < -0.3 is 10.2 Å². The van der Waals surface area contributed by atoms with Gasteiger partial charge in [-0.25, -0.2) is 0 Å². The fourth-order valence-electron chi connectivity index (χ4n) is 5.76. The van der Waals surface area contributed by atoms with Crippen LogP contribution in [0.2, 0.25) is 0 Å². The van der Waals surface area contributed by atoms with Gasteiger partial charge in [0.15, 0.2) is 11.6 Å². The molecule has 0 aromatic carbocycles. The van der Waals surface area contributed by atoms with Crippen molar-refractivity contribution in [2.24, 2.45) is 16.2 Å². The van der Waals surface area contributed by atoms with Crippen molar-refractivity contribution in [2.75, 3.05) is 0 Å². The van der Waals surface area contributed by atoms with E-state index in [1.165, 1.54) is 0 Å². The molecule has 0 aromatic rings. The van der Waals surface area contributed by atoms with Crippen molar-refractivity contribution in [1.82, 2.24) is 0 Å². The second-order valence-electron chi connectivity index (χ2n) is 13.9. The summed E-state index contributed by atoms with van der Waals surface area (Å²) in [6.45, 7) is 19.8. The standard InChI is InChI=1S/C40H52O4/c1-28(17-13-19-30(3)21-23-34-32(5)37(44)35(42)27-38(34,6)7)15-11-12-16-29(2)18-14-20-31(4)22-24-36(43)40(10)26-33(41)25-39(40,8)9/h11-20,22,24,33,35,41-42H,25-27H2,1-10H3/t33-,35+,40-/m1/s1. The number of ketones is 2. The zero-order valence-electron chi connectivity index (χ0n) is 28.4. The van der Waals surface area contributed by atoms with E-state index in [9.17, 15) is 19.8 Å². The summed E-state index contributed by atoms with van der Waals surface area (Å²) in [5, 5.41) is 20.1. The number of aliphatic hydroxyl groups excluding tert-OH is 2. The summed E-state index contributed by atoms with van der Waals surface area (Å²) >= 11 is 0. The highest BCUT2D eigenvalue weighted by Gasteiger charge is 2.52. The number of carbonyl (C=O) groups is 2. The van der Waals surface area contributed by atoms with Gasteiger partial charge in [-0.1, -0.05) is 130 Å². The van der Waals surface area contributed by atoms with Crippen LogP contribution in [0.4, 0.5) is 0 Å². The van der Waals surface area contributed by atoms with E-state index in [2.05, 4.69) is 25.7 Å². The normalized spacial score (nSPS) is 26.9. The van der Waals surface area contributed by atoms with Crippen LogP contribution in [0.1, 0.15) is 88.5 Å². The van der Waals surface area contributed by atoms with Gasteiger partial charge in [0.25, 0.3) is 0 Å². The predicted octanol–water partition coefficient (Wildman–Crippen LogP) is 8.43. The van der Waals surface area contributed by atoms with Crippen LogP contribution in [-0.4, -0.2) is 34.0 Å². The Kier molecular flexibility index (Phi) is 12.9. The zero-order chi connectivity index (χ0) is 33.3. The summed E-state index contributed by atoms with van der Waals surface area (Å²) in [6, 6.07) is 0. The maximum absolute atomic E-state index is 12.9. The topological polar surface area (TPSA) is 74.6 Å². The van der Waals surface area contributed by atoms with Gasteiger partial charge in [-0.2, -0.15) is 0 Å². The third-order valence-electron chi connectivity index (χ3n) is 8.99. The summed E-state index contributed by atoms with van der Waals surface area (Å²) in [5.41, 5.74) is 4.33. The molecule has 236 valence electrons. The smallest absolute Gasteiger partial charge is 0.187 e. The Morgan fingerprint density at radius 1 is 0.750 bits per heavy atom. The number of carbonyl (C=O) groups excluding carboxylic acids is 2. The van der Waals surface area contributed by atoms with Crippen molar-refractivity contribution in [2.45, 2.75) is 101 Å². The van der Waals surface area contributed by atoms with Gasteiger partial charge in [-0.05, 0) is 70.9 Å². The number of hydrogen-bond donors (Lipinski definition) is 2. The van der Waals surface area contributed by atoms with Gasteiger partial charge in [-0.3, -0.25) is 9.59 Å². The van der Waals surface area contributed by atoms with Gasteiger partial charge in [0, 0.05) is 22.0 Å². The van der Waals surface area contributed by atoms with Crippen LogP contribution in [0, 0.1) is 28.1 Å². The highest BCUT2D eigenvalue weighted by molar-refractivity contribution is 6.01. The summed E-state index contributed by atoms with van der Waals surface area (Å²) in [6.07, 6.45) is 23.7. The molecule has 0 saturated heterocycles. The molecule has 4 heteroatoms. The largest absolute Gasteiger partial charge is 0.393 e. The second kappa shape index (κ2) is 15.5. The Morgan fingerprint density at radius 3 is 1.82 bits per heavy atom. The number of hydrogen-bond acceptors (Lipinski definition) is 4. The Bertz CT molecular complexity index is 1450. The lowest BCUT2D eigenvalue weighted by molar-refractivity contribution is -0.127. The van der Waals surface area contributed by atoms with Crippen molar-refractivity contribution in [3.63, 3.8) is 0 Å². The maximum Gasteiger partial charge on any atom is 0.187 e. The zero-order valence-corrected chi connectivity index (χ0v) is 28.4. The van der Waals surface area contributed by atoms with E-state index in [-0.39, 0.29) is 22.4 Å². The summed E-state index contributed by atoms with van der Waals surface area (Å²) in [5.74, 6) is 6.18. The average Bonchev–Trinajstić information content (AvgIpc) is 3.14. The maximum atomic E-state index is 12.9. The van der Waals surface area contributed by atoms with Gasteiger partial charge in [-0.15, -0.1) is 0 Å². The SMILES string of the molecule is CC(C#CC1=C(C)C(=O)[C@@H](O)CC1(C)C)=CC=CC(C)=CC=CC=C(C)C=CC=C(C)C=CC(=O)[C@@]1(C)C[C@H](O)CC1(C)C. The molecule has 2 N–H and O–H groups in total. The van der Waals surface area contributed by atoms with Gasteiger partial charge in [0.1, 0.15) is 6.10 Å². The molecule has 0 bridgehead atoms. The van der Waals surface area contributed by atoms with E-state index in [4.69, 9.17) is 0 Å². The minimum Gasteiger partial charge on any atom is -0.393 e. The van der Waals surface area contributed by atoms with Crippen LogP contribution in [0.3, 0.4) is 0 Å². The van der Waals surface area contributed by atoms with Crippen molar-refractivity contribution < 1.29 is 19.8 Å². The predicted molar refractivity (Wildman–Crippen MR) is 184 cm³/mol. The average molecular weight is 597 g/mol. The molecule has 0 radical (unpaired) electrons. The van der Waals surface area contributed by atoms with E-state index in [0.29, 0.717) is 24.8 Å². The second-order valence-corrected chi connectivity index (χ2v) is 13.9. The molecule has 3 atom stereocenters. The van der Waals surface area contributed by atoms with E-state index in [1.807, 2.05) is 115 Å². The first-order chi connectivity index (χ1) is 20.4. The van der Waals surface area contributed by atoms with E-state index < -0.39 is 17.6 Å². The lowest BCUT2D eigenvalue weighted by atomic mass is 9.66. The van der Waals surface area contributed by atoms with E-state index in [0.717, 1.165) is 27.9 Å². The molecule has 4 nitrogen and oxygen atoms in total. The Morgan fingerprint density at radius 2 is 1.27 bits per heavy atom. The summed E-state index contributed by atoms with van der Waals surface area (Å²) in [4.78, 5) is 25.1. The Hall–Kier alpha value is -3.52. The van der Waals surface area contributed by atoms with E-state index in [1.54, 1.807) is 13.0 Å². The van der Waals surface area contributed by atoms with Crippen LogP contribution in [0.15, 0.2) is 106 Å². The number of allylic oxidation sites excluding steroid dienone is 17. The monoisotopic (exact) mass is 596 g/mol. The lowest BCUT2D eigenvalue weighted by Gasteiger charge is -2.35. The molecule has 1 fully saturated rings. The first-order valence-electron chi connectivity index (χ1n) is 15.5. The van der Waals surface area contributed by atoms with Gasteiger partial charge >= 0.3 is 0 Å². The number of rotatable bonds is 9. The number of aliphatic hydroxyl groups is 2. The minimum absolute atomic E-state index is 0.0719. The number of Topliss-reactive ketones (excluding diaryl/α,β-unsaturated/α-hetero) is 1. The minimum atomic E-state index is -0.941. The molecule has 1 saturated carbocycles. The molecule has 2 rings (SSSR count). The van der Waals surface area contributed by atoms with E-state index >= 15 is 0 Å². The highest BCUT2D eigenvalue weighted by atomic mass is 16.3. The molecule has 2 aliphatic rings. The van der Waals surface area contributed by atoms with Crippen molar-refractivity contribution in [3.8, 4) is 11.8 Å². The molecule has 44 heavy (non-hydrogen) atoms. The first kappa shape index (κ1) is 36.7. The highest BCUT2D eigenvalue weighted by Crippen LogP contribution is 2.53. The van der Waals surface area contributed by atoms with Crippen molar-refractivity contribution in [1.29, 1.82) is 0 Å². The third kappa shape index (κ3) is 10.0. The first-order valence-corrected chi connectivity index (χ1v) is 15.5. The molecule has 0 spiro atoms. The van der Waals surface area contributed by atoms with Gasteiger partial charge in [0.2, 0.25) is 0 Å². The molecular weight excluding hydrogens is 544 g/mol. The van der Waals surface area contributed by atoms with Crippen LogP contribution in [0.25, 0.3) is 0 Å². The Balaban J connectivity index is 1.93. The molecular formula is C40H52O4. The van der Waals surface area contributed by atoms with Crippen molar-refractivity contribution in [3.05, 3.63) is 106 Å². The lowest BCUT2D eigenvalue weighted by Crippen LogP contribution is -2.36. The van der Waals surface area contributed by atoms with Crippen molar-refractivity contribution >= 4 is 11.6 Å². The van der Waals surface area contributed by atoms with Crippen LogP contribution in [0.5, 0.6) is 0 Å². The third-order valence-corrected chi connectivity index (χ3v) is 8.99.